The molecular weight excluding hydrogens is 272 g/mol. The molecule has 2 aromatic rings. The lowest BCUT2D eigenvalue weighted by molar-refractivity contribution is 0.390. The number of hydrogen-bond donors (Lipinski definition) is 1. The van der Waals surface area contributed by atoms with Crippen molar-refractivity contribution in [3.63, 3.8) is 0 Å². The van der Waals surface area contributed by atoms with Gasteiger partial charge >= 0.3 is 0 Å². The molecule has 0 spiro atoms. The Balaban J connectivity index is 2.56. The van der Waals surface area contributed by atoms with Gasteiger partial charge in [0.25, 0.3) is 0 Å². The highest BCUT2D eigenvalue weighted by Gasteiger charge is 2.11. The first-order valence-corrected chi connectivity index (χ1v) is 5.47. The number of benzene rings is 1. The SMILES string of the molecule is COc1cc(-c2cc[nH]n2)cc(OC)c1Br. The lowest BCUT2D eigenvalue weighted by Gasteiger charge is -2.10. The van der Waals surface area contributed by atoms with Crippen molar-refractivity contribution < 1.29 is 9.47 Å². The van der Waals surface area contributed by atoms with E-state index < -0.39 is 0 Å². The van der Waals surface area contributed by atoms with Crippen molar-refractivity contribution in [1.82, 2.24) is 10.2 Å². The van der Waals surface area contributed by atoms with Gasteiger partial charge in [0.05, 0.1) is 19.9 Å². The van der Waals surface area contributed by atoms with E-state index >= 15 is 0 Å². The Labute approximate surface area is 102 Å². The quantitative estimate of drug-likeness (QED) is 0.942. The molecule has 5 heteroatoms. The maximum absolute atomic E-state index is 5.26. The summed E-state index contributed by atoms with van der Waals surface area (Å²) in [5.74, 6) is 1.44. The first-order chi connectivity index (χ1) is 7.76. The van der Waals surface area contributed by atoms with Crippen LogP contribution in [-0.4, -0.2) is 24.4 Å². The summed E-state index contributed by atoms with van der Waals surface area (Å²) in [5, 5.41) is 6.89. The molecule has 16 heavy (non-hydrogen) atoms. The minimum absolute atomic E-state index is 0.720. The number of aromatic amines is 1. The van der Waals surface area contributed by atoms with Crippen LogP contribution in [0.5, 0.6) is 11.5 Å². The van der Waals surface area contributed by atoms with Gasteiger partial charge in [-0.05, 0) is 34.1 Å². The molecule has 0 bridgehead atoms. The summed E-state index contributed by atoms with van der Waals surface area (Å²) < 4.78 is 11.3. The van der Waals surface area contributed by atoms with E-state index in [1.165, 1.54) is 0 Å². The van der Waals surface area contributed by atoms with Gasteiger partial charge in [-0.2, -0.15) is 5.10 Å². The molecule has 84 valence electrons. The highest BCUT2D eigenvalue weighted by atomic mass is 79.9. The van der Waals surface area contributed by atoms with Crippen LogP contribution in [0.2, 0.25) is 0 Å². The highest BCUT2D eigenvalue weighted by molar-refractivity contribution is 9.10. The highest BCUT2D eigenvalue weighted by Crippen LogP contribution is 2.38. The second kappa shape index (κ2) is 4.57. The fraction of sp³-hybridized carbons (Fsp3) is 0.182. The first-order valence-electron chi connectivity index (χ1n) is 4.68. The number of rotatable bonds is 3. The Morgan fingerprint density at radius 1 is 1.19 bits per heavy atom. The Bertz CT molecular complexity index is 458. The Morgan fingerprint density at radius 3 is 2.25 bits per heavy atom. The van der Waals surface area contributed by atoms with E-state index in [0.717, 1.165) is 27.2 Å². The second-order valence-corrected chi connectivity index (χ2v) is 3.95. The largest absolute Gasteiger partial charge is 0.495 e. The zero-order valence-electron chi connectivity index (χ0n) is 8.95. The zero-order valence-corrected chi connectivity index (χ0v) is 10.5. The van der Waals surface area contributed by atoms with Crippen LogP contribution >= 0.6 is 15.9 Å². The molecule has 1 aromatic heterocycles. The standard InChI is InChI=1S/C11H11BrN2O2/c1-15-9-5-7(8-3-4-13-14-8)6-10(16-2)11(9)12/h3-6H,1-2H3,(H,13,14). The van der Waals surface area contributed by atoms with E-state index in [9.17, 15) is 0 Å². The lowest BCUT2D eigenvalue weighted by atomic mass is 10.1. The van der Waals surface area contributed by atoms with E-state index in [-0.39, 0.29) is 0 Å². The molecule has 2 rings (SSSR count). The molecule has 0 aliphatic carbocycles. The number of aromatic nitrogens is 2. The van der Waals surface area contributed by atoms with E-state index in [2.05, 4.69) is 26.1 Å². The van der Waals surface area contributed by atoms with Crippen LogP contribution in [0.3, 0.4) is 0 Å². The van der Waals surface area contributed by atoms with Crippen LogP contribution < -0.4 is 9.47 Å². The summed E-state index contributed by atoms with van der Waals surface area (Å²) in [7, 11) is 3.24. The summed E-state index contributed by atoms with van der Waals surface area (Å²) >= 11 is 3.42. The van der Waals surface area contributed by atoms with E-state index in [4.69, 9.17) is 9.47 Å². The van der Waals surface area contributed by atoms with Crippen LogP contribution in [-0.2, 0) is 0 Å². The average Bonchev–Trinajstić information content (AvgIpc) is 2.83. The Morgan fingerprint density at radius 2 is 1.81 bits per heavy atom. The van der Waals surface area contributed by atoms with Gasteiger partial charge in [-0.3, -0.25) is 5.10 Å². The van der Waals surface area contributed by atoms with Crippen molar-refractivity contribution in [2.75, 3.05) is 14.2 Å². The first kappa shape index (κ1) is 11.0. The maximum Gasteiger partial charge on any atom is 0.137 e. The van der Waals surface area contributed by atoms with Crippen LogP contribution in [0, 0.1) is 0 Å². The molecule has 0 fully saturated rings. The van der Waals surface area contributed by atoms with Gasteiger partial charge in [-0.15, -0.1) is 0 Å². The normalized spacial score (nSPS) is 10.2. The van der Waals surface area contributed by atoms with Gasteiger partial charge < -0.3 is 9.47 Å². The van der Waals surface area contributed by atoms with Gasteiger partial charge in [0.1, 0.15) is 16.0 Å². The molecule has 1 heterocycles. The molecule has 0 saturated heterocycles. The number of hydrogen-bond acceptors (Lipinski definition) is 3. The summed E-state index contributed by atoms with van der Waals surface area (Å²) in [6.07, 6.45) is 1.77. The van der Waals surface area contributed by atoms with Crippen molar-refractivity contribution in [1.29, 1.82) is 0 Å². The van der Waals surface area contributed by atoms with Crippen LogP contribution in [0.4, 0.5) is 0 Å². The molecule has 0 amide bonds. The Kier molecular flexibility index (Phi) is 3.14. The van der Waals surface area contributed by atoms with Crippen LogP contribution in [0.15, 0.2) is 28.9 Å². The number of ether oxygens (including phenoxy) is 2. The fourth-order valence-corrected chi connectivity index (χ4v) is 1.99. The molecule has 0 aliphatic heterocycles. The monoisotopic (exact) mass is 282 g/mol. The molecule has 0 radical (unpaired) electrons. The summed E-state index contributed by atoms with van der Waals surface area (Å²) in [6.45, 7) is 0. The molecule has 1 aromatic carbocycles. The number of H-pyrrole nitrogens is 1. The summed E-state index contributed by atoms with van der Waals surface area (Å²) in [4.78, 5) is 0. The van der Waals surface area contributed by atoms with Crippen LogP contribution in [0.1, 0.15) is 0 Å². The van der Waals surface area contributed by atoms with Crippen molar-refractivity contribution in [3.8, 4) is 22.8 Å². The van der Waals surface area contributed by atoms with Crippen molar-refractivity contribution in [2.24, 2.45) is 0 Å². The minimum atomic E-state index is 0.720. The smallest absolute Gasteiger partial charge is 0.137 e. The van der Waals surface area contributed by atoms with Gasteiger partial charge in [-0.25, -0.2) is 0 Å². The number of nitrogens with zero attached hydrogens (tertiary/aromatic N) is 1. The maximum atomic E-state index is 5.26. The molecule has 0 saturated carbocycles. The molecule has 4 nitrogen and oxygen atoms in total. The van der Waals surface area contributed by atoms with Gasteiger partial charge in [0.2, 0.25) is 0 Å². The molecule has 0 aliphatic rings. The number of halogens is 1. The predicted octanol–water partition coefficient (Wildman–Crippen LogP) is 2.86. The third-order valence-corrected chi connectivity index (χ3v) is 3.02. The van der Waals surface area contributed by atoms with Gasteiger partial charge in [-0.1, -0.05) is 0 Å². The third kappa shape index (κ3) is 1.90. The molecule has 0 atom stereocenters. The minimum Gasteiger partial charge on any atom is -0.495 e. The topological polar surface area (TPSA) is 47.1 Å². The van der Waals surface area contributed by atoms with Gasteiger partial charge in [0.15, 0.2) is 0 Å². The zero-order chi connectivity index (χ0) is 11.5. The fourth-order valence-electron chi connectivity index (χ4n) is 1.44. The number of nitrogens with one attached hydrogen (secondary N) is 1. The second-order valence-electron chi connectivity index (χ2n) is 3.15. The van der Waals surface area contributed by atoms with Crippen LogP contribution in [0.25, 0.3) is 11.3 Å². The Hall–Kier alpha value is -1.49. The van der Waals surface area contributed by atoms with Crippen molar-refractivity contribution in [3.05, 3.63) is 28.9 Å². The van der Waals surface area contributed by atoms with E-state index in [0.29, 0.717) is 0 Å². The van der Waals surface area contributed by atoms with Gasteiger partial charge in [0, 0.05) is 11.8 Å². The van der Waals surface area contributed by atoms with Crippen molar-refractivity contribution >= 4 is 15.9 Å². The molecular formula is C11H11BrN2O2. The molecule has 0 unspecified atom stereocenters. The van der Waals surface area contributed by atoms with E-state index in [1.807, 2.05) is 18.2 Å². The molecule has 1 N–H and O–H groups in total. The predicted molar refractivity (Wildman–Crippen MR) is 64.8 cm³/mol. The summed E-state index contributed by atoms with van der Waals surface area (Å²) in [6, 6.07) is 5.70. The summed E-state index contributed by atoms with van der Waals surface area (Å²) in [5.41, 5.74) is 1.79. The van der Waals surface area contributed by atoms with Crippen molar-refractivity contribution in [2.45, 2.75) is 0 Å². The van der Waals surface area contributed by atoms with E-state index in [1.54, 1.807) is 20.4 Å². The number of methoxy groups -OCH3 is 2. The average molecular weight is 283 g/mol. The lowest BCUT2D eigenvalue weighted by Crippen LogP contribution is -1.91. The third-order valence-electron chi connectivity index (χ3n) is 2.24.